The van der Waals surface area contributed by atoms with Crippen LogP contribution in [0.3, 0.4) is 0 Å². The fourth-order valence-corrected chi connectivity index (χ4v) is 3.06. The predicted octanol–water partition coefficient (Wildman–Crippen LogP) is 0.902. The highest BCUT2D eigenvalue weighted by molar-refractivity contribution is 5.88. The fraction of sp³-hybridized carbons (Fsp3) is 0.421. The Morgan fingerprint density at radius 2 is 2.30 bits per heavy atom. The molecule has 144 valence electrons. The quantitative estimate of drug-likeness (QED) is 0.597. The number of furan rings is 1. The molecule has 0 aromatic carbocycles. The highest BCUT2D eigenvalue weighted by Gasteiger charge is 2.31. The van der Waals surface area contributed by atoms with Crippen LogP contribution in [0.25, 0.3) is 0 Å². The molecular weight excluding hydrogens is 346 g/mol. The second-order valence-corrected chi connectivity index (χ2v) is 6.61. The lowest BCUT2D eigenvalue weighted by Crippen LogP contribution is -2.56. The van der Waals surface area contributed by atoms with Crippen molar-refractivity contribution < 1.29 is 14.0 Å². The molecule has 2 aromatic heterocycles. The second-order valence-electron chi connectivity index (χ2n) is 6.61. The number of aryl methyl sites for hydroxylation is 1. The first-order valence-corrected chi connectivity index (χ1v) is 9.08. The highest BCUT2D eigenvalue weighted by Crippen LogP contribution is 2.14. The summed E-state index contributed by atoms with van der Waals surface area (Å²) in [7, 11) is 0. The lowest BCUT2D eigenvalue weighted by atomic mass is 10.1. The molecule has 3 heterocycles. The average Bonchev–Trinajstić information content (AvgIpc) is 3.15. The van der Waals surface area contributed by atoms with Gasteiger partial charge in [-0.25, -0.2) is 4.98 Å². The van der Waals surface area contributed by atoms with E-state index in [9.17, 15) is 9.59 Å². The van der Waals surface area contributed by atoms with Crippen molar-refractivity contribution in [3.05, 3.63) is 48.0 Å². The van der Waals surface area contributed by atoms with Crippen LogP contribution < -0.4 is 16.0 Å². The number of hydrogen-bond donors (Lipinski definition) is 3. The summed E-state index contributed by atoms with van der Waals surface area (Å²) in [6, 6.07) is 5.27. The Kier molecular flexibility index (Phi) is 6.43. The van der Waals surface area contributed by atoms with Gasteiger partial charge in [0.05, 0.1) is 25.0 Å². The minimum Gasteiger partial charge on any atom is -0.472 e. The van der Waals surface area contributed by atoms with Gasteiger partial charge in [-0.2, -0.15) is 0 Å². The van der Waals surface area contributed by atoms with Gasteiger partial charge in [-0.1, -0.05) is 0 Å². The molecule has 1 saturated heterocycles. The first-order chi connectivity index (χ1) is 13.1. The van der Waals surface area contributed by atoms with Gasteiger partial charge in [-0.05, 0) is 30.7 Å². The summed E-state index contributed by atoms with van der Waals surface area (Å²) in [5.74, 6) is 0.525. The number of aromatic nitrogens is 1. The largest absolute Gasteiger partial charge is 0.472 e. The summed E-state index contributed by atoms with van der Waals surface area (Å²) in [5, 5.41) is 8.86. The molecule has 0 spiro atoms. The molecular formula is C19H25N5O3. The molecule has 27 heavy (non-hydrogen) atoms. The van der Waals surface area contributed by atoms with Gasteiger partial charge in [0.25, 0.3) is 0 Å². The third-order valence-corrected chi connectivity index (χ3v) is 4.45. The molecule has 3 rings (SSSR count). The second kappa shape index (κ2) is 9.18. The van der Waals surface area contributed by atoms with Crippen LogP contribution in [0, 0.1) is 6.92 Å². The maximum atomic E-state index is 12.3. The fourth-order valence-electron chi connectivity index (χ4n) is 3.06. The monoisotopic (exact) mass is 371 g/mol. The molecule has 1 unspecified atom stereocenters. The van der Waals surface area contributed by atoms with Crippen LogP contribution in [0.2, 0.25) is 0 Å². The number of piperazine rings is 1. The van der Waals surface area contributed by atoms with E-state index in [1.165, 1.54) is 0 Å². The molecule has 0 radical (unpaired) electrons. The maximum absolute atomic E-state index is 12.3. The predicted molar refractivity (Wildman–Crippen MR) is 101 cm³/mol. The molecule has 2 amide bonds. The van der Waals surface area contributed by atoms with Crippen LogP contribution >= 0.6 is 0 Å². The number of carbonyl (C=O) groups is 2. The molecule has 0 bridgehead atoms. The van der Waals surface area contributed by atoms with Gasteiger partial charge in [0, 0.05) is 44.5 Å². The van der Waals surface area contributed by atoms with Crippen molar-refractivity contribution in [2.45, 2.75) is 25.9 Å². The Hall–Kier alpha value is -2.87. The van der Waals surface area contributed by atoms with Crippen LogP contribution in [-0.2, 0) is 16.1 Å². The van der Waals surface area contributed by atoms with Gasteiger partial charge in [0.2, 0.25) is 11.8 Å². The van der Waals surface area contributed by atoms with Crippen LogP contribution in [0.1, 0.15) is 17.5 Å². The Morgan fingerprint density at radius 3 is 3.07 bits per heavy atom. The third-order valence-electron chi connectivity index (χ3n) is 4.45. The molecule has 8 nitrogen and oxygen atoms in total. The number of carbonyl (C=O) groups excluding carboxylic acids is 2. The van der Waals surface area contributed by atoms with E-state index in [1.807, 2.05) is 30.0 Å². The highest BCUT2D eigenvalue weighted by atomic mass is 16.3. The molecule has 2 aromatic rings. The van der Waals surface area contributed by atoms with Crippen LogP contribution in [0.5, 0.6) is 0 Å². The lowest BCUT2D eigenvalue weighted by molar-refractivity contribution is -0.134. The van der Waals surface area contributed by atoms with E-state index in [4.69, 9.17) is 4.42 Å². The minimum atomic E-state index is -0.472. The Labute approximate surface area is 158 Å². The summed E-state index contributed by atoms with van der Waals surface area (Å²) < 4.78 is 5.09. The zero-order valence-corrected chi connectivity index (χ0v) is 15.4. The van der Waals surface area contributed by atoms with Crippen molar-refractivity contribution in [3.63, 3.8) is 0 Å². The van der Waals surface area contributed by atoms with Crippen molar-refractivity contribution in [3.8, 4) is 0 Å². The minimum absolute atomic E-state index is 0.109. The van der Waals surface area contributed by atoms with Crippen LogP contribution in [-0.4, -0.2) is 53.9 Å². The van der Waals surface area contributed by atoms with E-state index >= 15 is 0 Å². The Balaban J connectivity index is 1.45. The third kappa shape index (κ3) is 5.55. The molecule has 3 N–H and O–H groups in total. The molecule has 0 saturated carbocycles. The van der Waals surface area contributed by atoms with Gasteiger partial charge in [-0.3, -0.25) is 14.5 Å². The van der Waals surface area contributed by atoms with E-state index in [2.05, 4.69) is 20.9 Å². The van der Waals surface area contributed by atoms with Crippen molar-refractivity contribution >= 4 is 17.6 Å². The molecule has 1 fully saturated rings. The van der Waals surface area contributed by atoms with E-state index in [0.717, 1.165) is 16.9 Å². The van der Waals surface area contributed by atoms with Crippen molar-refractivity contribution in [2.24, 2.45) is 0 Å². The van der Waals surface area contributed by atoms with E-state index in [0.29, 0.717) is 32.7 Å². The van der Waals surface area contributed by atoms with Crippen molar-refractivity contribution in [2.75, 3.05) is 31.5 Å². The van der Waals surface area contributed by atoms with Crippen molar-refractivity contribution in [1.29, 1.82) is 0 Å². The number of rotatable bonds is 8. The number of anilines is 1. The van der Waals surface area contributed by atoms with Gasteiger partial charge in [0.15, 0.2) is 0 Å². The van der Waals surface area contributed by atoms with Gasteiger partial charge >= 0.3 is 0 Å². The zero-order chi connectivity index (χ0) is 19.1. The molecule has 1 aliphatic heterocycles. The zero-order valence-electron chi connectivity index (χ0n) is 15.4. The molecule has 8 heteroatoms. The van der Waals surface area contributed by atoms with E-state index in [1.54, 1.807) is 18.7 Å². The molecule has 1 aliphatic rings. The van der Waals surface area contributed by atoms with Gasteiger partial charge in [-0.15, -0.1) is 0 Å². The summed E-state index contributed by atoms with van der Waals surface area (Å²) in [5.41, 5.74) is 2.11. The average molecular weight is 371 g/mol. The topological polar surface area (TPSA) is 99.5 Å². The van der Waals surface area contributed by atoms with E-state index < -0.39 is 6.04 Å². The maximum Gasteiger partial charge on any atom is 0.237 e. The first kappa shape index (κ1) is 18.9. The Bertz CT molecular complexity index is 762. The first-order valence-electron chi connectivity index (χ1n) is 9.08. The standard InChI is InChI=1S/C19H25N5O3/c1-14-2-4-20-17(10-14)21-5-6-22-18(25)11-16-19(26)23-7-8-24(16)12-15-3-9-27-13-15/h2-4,9-10,13,16H,5-8,11-12H2,1H3,(H,20,21)(H,22,25)(H,23,26). The number of nitrogens with zero attached hydrogens (tertiary/aromatic N) is 2. The summed E-state index contributed by atoms with van der Waals surface area (Å²) in [6.45, 7) is 4.90. The van der Waals surface area contributed by atoms with Crippen LogP contribution in [0.15, 0.2) is 41.3 Å². The summed E-state index contributed by atoms with van der Waals surface area (Å²) in [4.78, 5) is 30.8. The Morgan fingerprint density at radius 1 is 1.41 bits per heavy atom. The number of amides is 2. The SMILES string of the molecule is Cc1ccnc(NCCNC(=O)CC2C(=O)NCCN2Cc2ccoc2)c1. The molecule has 1 atom stereocenters. The number of pyridine rings is 1. The van der Waals surface area contributed by atoms with Crippen molar-refractivity contribution in [1.82, 2.24) is 20.5 Å². The lowest BCUT2D eigenvalue weighted by Gasteiger charge is -2.34. The normalized spacial score (nSPS) is 17.4. The van der Waals surface area contributed by atoms with E-state index in [-0.39, 0.29) is 18.2 Å². The smallest absolute Gasteiger partial charge is 0.237 e. The number of nitrogens with one attached hydrogen (secondary N) is 3. The van der Waals surface area contributed by atoms with Gasteiger partial charge in [0.1, 0.15) is 5.82 Å². The number of hydrogen-bond acceptors (Lipinski definition) is 6. The van der Waals surface area contributed by atoms with Crippen LogP contribution in [0.4, 0.5) is 5.82 Å². The summed E-state index contributed by atoms with van der Waals surface area (Å²) in [6.07, 6.45) is 5.14. The molecule has 0 aliphatic carbocycles. The van der Waals surface area contributed by atoms with Gasteiger partial charge < -0.3 is 20.4 Å². The summed E-state index contributed by atoms with van der Waals surface area (Å²) >= 11 is 0.